The van der Waals surface area contributed by atoms with Crippen LogP contribution in [-0.4, -0.2) is 32.6 Å². The standard InChI is InChI=1S/C13H13BClNO4S/c1-16(12-6-4-11(15)5-7-12)21(19,20)13-8-2-10(3-9-13)14(17)18/h2-9,17-18H,1H3. The highest BCUT2D eigenvalue weighted by atomic mass is 35.5. The fraction of sp³-hybridized carbons (Fsp3) is 0.0769. The van der Waals surface area contributed by atoms with Gasteiger partial charge in [-0.05, 0) is 41.9 Å². The molecule has 0 unspecified atom stereocenters. The molecule has 2 aromatic carbocycles. The Hall–Kier alpha value is -1.54. The Kier molecular flexibility index (Phi) is 4.58. The zero-order valence-electron chi connectivity index (χ0n) is 11.1. The van der Waals surface area contributed by atoms with Crippen molar-refractivity contribution in [3.8, 4) is 0 Å². The molecular formula is C13H13BClNO4S. The summed E-state index contributed by atoms with van der Waals surface area (Å²) in [7, 11) is -3.91. The van der Waals surface area contributed by atoms with Crippen LogP contribution < -0.4 is 9.77 Å². The molecule has 0 amide bonds. The number of sulfonamides is 1. The molecule has 0 aromatic heterocycles. The van der Waals surface area contributed by atoms with Gasteiger partial charge < -0.3 is 10.0 Å². The Balaban J connectivity index is 2.34. The van der Waals surface area contributed by atoms with Gasteiger partial charge in [-0.15, -0.1) is 0 Å². The molecule has 110 valence electrons. The zero-order chi connectivity index (χ0) is 15.6. The molecule has 0 aliphatic heterocycles. The van der Waals surface area contributed by atoms with E-state index in [1.807, 2.05) is 0 Å². The Morgan fingerprint density at radius 3 is 2.00 bits per heavy atom. The second-order valence-electron chi connectivity index (χ2n) is 4.39. The van der Waals surface area contributed by atoms with Gasteiger partial charge in [0.1, 0.15) is 0 Å². The molecule has 0 spiro atoms. The smallest absolute Gasteiger partial charge is 0.423 e. The minimum Gasteiger partial charge on any atom is -0.423 e. The van der Waals surface area contributed by atoms with Crippen molar-refractivity contribution >= 4 is 39.9 Å². The number of benzene rings is 2. The minimum atomic E-state index is -3.72. The summed E-state index contributed by atoms with van der Waals surface area (Å²) in [5.74, 6) is 0. The largest absolute Gasteiger partial charge is 0.488 e. The van der Waals surface area contributed by atoms with Gasteiger partial charge in [-0.1, -0.05) is 23.7 Å². The van der Waals surface area contributed by atoms with Gasteiger partial charge >= 0.3 is 7.12 Å². The molecule has 0 saturated heterocycles. The van der Waals surface area contributed by atoms with Crippen molar-refractivity contribution in [2.24, 2.45) is 0 Å². The quantitative estimate of drug-likeness (QED) is 0.817. The van der Waals surface area contributed by atoms with Crippen molar-refractivity contribution in [2.75, 3.05) is 11.4 Å². The van der Waals surface area contributed by atoms with Crippen LogP contribution in [-0.2, 0) is 10.0 Å². The lowest BCUT2D eigenvalue weighted by Gasteiger charge is -2.19. The molecule has 0 atom stereocenters. The van der Waals surface area contributed by atoms with Crippen molar-refractivity contribution in [3.63, 3.8) is 0 Å². The van der Waals surface area contributed by atoms with Crippen LogP contribution in [0.4, 0.5) is 5.69 Å². The molecule has 0 aliphatic rings. The van der Waals surface area contributed by atoms with Crippen LogP contribution in [0.15, 0.2) is 53.4 Å². The monoisotopic (exact) mass is 325 g/mol. The molecule has 2 N–H and O–H groups in total. The fourth-order valence-electron chi connectivity index (χ4n) is 1.76. The van der Waals surface area contributed by atoms with E-state index in [0.29, 0.717) is 10.7 Å². The second kappa shape index (κ2) is 6.07. The van der Waals surface area contributed by atoms with Gasteiger partial charge in [-0.25, -0.2) is 8.42 Å². The van der Waals surface area contributed by atoms with E-state index in [1.54, 1.807) is 24.3 Å². The normalized spacial score (nSPS) is 11.2. The molecule has 2 aromatic rings. The van der Waals surface area contributed by atoms with Crippen molar-refractivity contribution < 1.29 is 18.5 Å². The van der Waals surface area contributed by atoms with Gasteiger partial charge in [0, 0.05) is 12.1 Å². The summed E-state index contributed by atoms with van der Waals surface area (Å²) in [5, 5.41) is 18.5. The first-order valence-corrected chi connectivity index (χ1v) is 7.85. The van der Waals surface area contributed by atoms with Gasteiger partial charge in [0.2, 0.25) is 0 Å². The summed E-state index contributed by atoms with van der Waals surface area (Å²) in [6.45, 7) is 0. The molecule has 0 bridgehead atoms. The third kappa shape index (κ3) is 3.38. The Labute approximate surface area is 128 Å². The average molecular weight is 326 g/mol. The molecule has 0 heterocycles. The summed E-state index contributed by atoms with van der Waals surface area (Å²) in [5.41, 5.74) is 0.703. The lowest BCUT2D eigenvalue weighted by atomic mass is 9.81. The third-order valence-corrected chi connectivity index (χ3v) is 5.08. The Morgan fingerprint density at radius 1 is 1.00 bits per heavy atom. The summed E-state index contributed by atoms with van der Waals surface area (Å²) < 4.78 is 26.1. The van der Waals surface area contributed by atoms with E-state index in [9.17, 15) is 8.42 Å². The first-order valence-electron chi connectivity index (χ1n) is 6.03. The lowest BCUT2D eigenvalue weighted by molar-refractivity contribution is 0.425. The van der Waals surface area contributed by atoms with Crippen molar-refractivity contribution in [3.05, 3.63) is 53.6 Å². The van der Waals surface area contributed by atoms with E-state index in [-0.39, 0.29) is 10.4 Å². The van der Waals surface area contributed by atoms with Gasteiger partial charge in [0.25, 0.3) is 10.0 Å². The van der Waals surface area contributed by atoms with E-state index < -0.39 is 17.1 Å². The van der Waals surface area contributed by atoms with E-state index >= 15 is 0 Å². The second-order valence-corrected chi connectivity index (χ2v) is 6.80. The molecule has 0 saturated carbocycles. The van der Waals surface area contributed by atoms with Crippen LogP contribution in [0.5, 0.6) is 0 Å². The highest BCUT2D eigenvalue weighted by Crippen LogP contribution is 2.23. The third-order valence-electron chi connectivity index (χ3n) is 3.03. The molecule has 0 radical (unpaired) electrons. The van der Waals surface area contributed by atoms with Crippen LogP contribution in [0.2, 0.25) is 5.02 Å². The highest BCUT2D eigenvalue weighted by Gasteiger charge is 2.22. The van der Waals surface area contributed by atoms with E-state index in [4.69, 9.17) is 21.6 Å². The SMILES string of the molecule is CN(c1ccc(Cl)cc1)S(=O)(=O)c1ccc(B(O)O)cc1. The first-order chi connectivity index (χ1) is 9.82. The zero-order valence-corrected chi connectivity index (χ0v) is 12.7. The number of nitrogens with zero attached hydrogens (tertiary/aromatic N) is 1. The highest BCUT2D eigenvalue weighted by molar-refractivity contribution is 7.92. The molecular weight excluding hydrogens is 312 g/mol. The van der Waals surface area contributed by atoms with Crippen LogP contribution in [0, 0.1) is 0 Å². The van der Waals surface area contributed by atoms with E-state index in [2.05, 4.69) is 0 Å². The number of hydrogen-bond donors (Lipinski definition) is 2. The topological polar surface area (TPSA) is 77.8 Å². The summed E-state index contributed by atoms with van der Waals surface area (Å²) in [6, 6.07) is 11.8. The summed E-state index contributed by atoms with van der Waals surface area (Å²) in [6.07, 6.45) is 0. The molecule has 0 aliphatic carbocycles. The lowest BCUT2D eigenvalue weighted by Crippen LogP contribution is -2.31. The van der Waals surface area contributed by atoms with Gasteiger partial charge in [-0.2, -0.15) is 0 Å². The maximum atomic E-state index is 12.5. The number of hydrogen-bond acceptors (Lipinski definition) is 4. The van der Waals surface area contributed by atoms with Crippen molar-refractivity contribution in [1.29, 1.82) is 0 Å². The average Bonchev–Trinajstić information content (AvgIpc) is 2.47. The van der Waals surface area contributed by atoms with Crippen molar-refractivity contribution in [1.82, 2.24) is 0 Å². The van der Waals surface area contributed by atoms with E-state index in [1.165, 1.54) is 31.3 Å². The minimum absolute atomic E-state index is 0.0596. The molecule has 0 fully saturated rings. The fourth-order valence-corrected chi connectivity index (χ4v) is 3.08. The molecule has 21 heavy (non-hydrogen) atoms. The van der Waals surface area contributed by atoms with Gasteiger partial charge in [0.05, 0.1) is 10.6 Å². The van der Waals surface area contributed by atoms with Gasteiger partial charge in [-0.3, -0.25) is 4.31 Å². The molecule has 5 nitrogen and oxygen atoms in total. The Morgan fingerprint density at radius 2 is 1.52 bits per heavy atom. The number of rotatable bonds is 4. The maximum absolute atomic E-state index is 12.5. The molecule has 2 rings (SSSR count). The van der Waals surface area contributed by atoms with Crippen LogP contribution in [0.3, 0.4) is 0 Å². The number of halogens is 1. The predicted molar refractivity (Wildman–Crippen MR) is 83.3 cm³/mol. The van der Waals surface area contributed by atoms with Crippen molar-refractivity contribution in [2.45, 2.75) is 4.90 Å². The van der Waals surface area contributed by atoms with Gasteiger partial charge in [0.15, 0.2) is 0 Å². The number of anilines is 1. The van der Waals surface area contributed by atoms with Crippen LogP contribution in [0.25, 0.3) is 0 Å². The Bertz CT molecular complexity index is 717. The molecule has 8 heteroatoms. The maximum Gasteiger partial charge on any atom is 0.488 e. The van der Waals surface area contributed by atoms with Crippen LogP contribution in [0.1, 0.15) is 0 Å². The summed E-state index contributed by atoms with van der Waals surface area (Å²) >= 11 is 5.78. The van der Waals surface area contributed by atoms with Crippen LogP contribution >= 0.6 is 11.6 Å². The summed E-state index contributed by atoms with van der Waals surface area (Å²) in [4.78, 5) is 0.0596. The van der Waals surface area contributed by atoms with E-state index in [0.717, 1.165) is 4.31 Å². The predicted octanol–water partition coefficient (Wildman–Crippen LogP) is 0.845. The first kappa shape index (κ1) is 15.8.